The largest absolute Gasteiger partial charge is 0.288 e. The zero-order chi connectivity index (χ0) is 10.4. The summed E-state index contributed by atoms with van der Waals surface area (Å²) in [6.45, 7) is 12.1. The Hall–Kier alpha value is -1.02. The van der Waals surface area contributed by atoms with Crippen LogP contribution in [0.1, 0.15) is 27.7 Å². The highest BCUT2D eigenvalue weighted by molar-refractivity contribution is 5.26. The summed E-state index contributed by atoms with van der Waals surface area (Å²) in [5.41, 5.74) is 2.90. The summed E-state index contributed by atoms with van der Waals surface area (Å²) in [6, 6.07) is 0. The van der Waals surface area contributed by atoms with Crippen LogP contribution >= 0.6 is 0 Å². The van der Waals surface area contributed by atoms with Crippen LogP contribution in [-0.2, 0) is 0 Å². The van der Waals surface area contributed by atoms with Crippen molar-refractivity contribution in [3.8, 4) is 0 Å². The zero-order valence-corrected chi connectivity index (χ0v) is 8.96. The lowest BCUT2D eigenvalue weighted by Gasteiger charge is -2.17. The van der Waals surface area contributed by atoms with Crippen molar-refractivity contribution in [1.29, 1.82) is 0 Å². The van der Waals surface area contributed by atoms with Gasteiger partial charge < -0.3 is 0 Å². The average molecular weight is 181 g/mol. The minimum Gasteiger partial charge on any atom is -0.288 e. The third-order valence-corrected chi connectivity index (χ3v) is 1.62. The van der Waals surface area contributed by atoms with E-state index in [-0.39, 0.29) is 0 Å². The molecule has 0 aromatic carbocycles. The average Bonchev–Trinajstić information content (AvgIpc) is 2.03. The van der Waals surface area contributed by atoms with Gasteiger partial charge in [-0.1, -0.05) is 23.8 Å². The van der Waals surface area contributed by atoms with Crippen molar-refractivity contribution < 1.29 is 5.21 Å². The van der Waals surface area contributed by atoms with Gasteiger partial charge in [0.25, 0.3) is 0 Å². The molecule has 0 fully saturated rings. The van der Waals surface area contributed by atoms with E-state index in [1.807, 2.05) is 39.8 Å². The molecule has 0 aromatic heterocycles. The van der Waals surface area contributed by atoms with Crippen LogP contribution < -0.4 is 0 Å². The minimum absolute atomic E-state index is 0.584. The molecule has 74 valence electrons. The Labute approximate surface area is 80.8 Å². The maximum absolute atomic E-state index is 9.50. The minimum atomic E-state index is 0.584. The van der Waals surface area contributed by atoms with E-state index in [1.165, 1.54) is 5.06 Å². The molecule has 0 aliphatic carbocycles. The number of hydrogen-bond acceptors (Lipinski definition) is 2. The van der Waals surface area contributed by atoms with Gasteiger partial charge in [0.05, 0.1) is 5.70 Å². The van der Waals surface area contributed by atoms with Crippen molar-refractivity contribution in [2.45, 2.75) is 27.7 Å². The van der Waals surface area contributed by atoms with Crippen LogP contribution in [0.2, 0.25) is 0 Å². The summed E-state index contributed by atoms with van der Waals surface area (Å²) >= 11 is 0. The van der Waals surface area contributed by atoms with Crippen LogP contribution in [0.4, 0.5) is 0 Å². The molecule has 0 radical (unpaired) electrons. The Morgan fingerprint density at radius 2 is 1.85 bits per heavy atom. The van der Waals surface area contributed by atoms with E-state index in [4.69, 9.17) is 0 Å². The van der Waals surface area contributed by atoms with Crippen molar-refractivity contribution in [2.24, 2.45) is 0 Å². The van der Waals surface area contributed by atoms with Crippen LogP contribution in [-0.4, -0.2) is 16.8 Å². The van der Waals surface area contributed by atoms with Gasteiger partial charge in [-0.25, -0.2) is 0 Å². The van der Waals surface area contributed by atoms with Gasteiger partial charge in [0, 0.05) is 6.54 Å². The molecule has 2 nitrogen and oxygen atoms in total. The summed E-state index contributed by atoms with van der Waals surface area (Å²) in [6.07, 6.45) is 3.77. The molecule has 0 aliphatic heterocycles. The first kappa shape index (κ1) is 12.0. The second-order valence-corrected chi connectivity index (χ2v) is 3.28. The van der Waals surface area contributed by atoms with Crippen molar-refractivity contribution in [2.75, 3.05) is 6.54 Å². The highest BCUT2D eigenvalue weighted by atomic mass is 16.5. The molecule has 1 N–H and O–H groups in total. The van der Waals surface area contributed by atoms with Gasteiger partial charge in [-0.3, -0.25) is 10.3 Å². The first-order valence-corrected chi connectivity index (χ1v) is 4.46. The van der Waals surface area contributed by atoms with E-state index < -0.39 is 0 Å². The van der Waals surface area contributed by atoms with Gasteiger partial charge >= 0.3 is 0 Å². The molecule has 0 atom stereocenters. The van der Waals surface area contributed by atoms with E-state index in [1.54, 1.807) is 0 Å². The highest BCUT2D eigenvalue weighted by Gasteiger charge is 2.01. The van der Waals surface area contributed by atoms with Crippen LogP contribution in [0.15, 0.2) is 35.6 Å². The number of rotatable bonds is 4. The monoisotopic (exact) mass is 181 g/mol. The van der Waals surface area contributed by atoms with Crippen molar-refractivity contribution in [1.82, 2.24) is 5.06 Å². The molecule has 0 rings (SSSR count). The third-order valence-electron chi connectivity index (χ3n) is 1.62. The van der Waals surface area contributed by atoms with Crippen LogP contribution in [0.5, 0.6) is 0 Å². The quantitative estimate of drug-likeness (QED) is 0.532. The maximum atomic E-state index is 9.50. The van der Waals surface area contributed by atoms with Gasteiger partial charge in [0.15, 0.2) is 0 Å². The second kappa shape index (κ2) is 5.60. The second-order valence-electron chi connectivity index (χ2n) is 3.28. The van der Waals surface area contributed by atoms with Crippen molar-refractivity contribution in [3.05, 3.63) is 35.6 Å². The number of hydroxylamine groups is 2. The van der Waals surface area contributed by atoms with Gasteiger partial charge in [0.1, 0.15) is 0 Å². The first-order chi connectivity index (χ1) is 5.99. The molecule has 0 aliphatic rings. The normalized spacial score (nSPS) is 10.2. The number of allylic oxidation sites excluding steroid dienone is 4. The molecule has 0 spiro atoms. The van der Waals surface area contributed by atoms with E-state index in [2.05, 4.69) is 6.58 Å². The Morgan fingerprint density at radius 3 is 2.15 bits per heavy atom. The Morgan fingerprint density at radius 1 is 1.31 bits per heavy atom. The SMILES string of the molecule is C=C(C)/C=C\C(=C(C)C)N(O)CC. The van der Waals surface area contributed by atoms with Crippen LogP contribution in [0.3, 0.4) is 0 Å². The van der Waals surface area contributed by atoms with Crippen molar-refractivity contribution >= 4 is 0 Å². The molecule has 0 saturated carbocycles. The fourth-order valence-corrected chi connectivity index (χ4v) is 0.902. The van der Waals surface area contributed by atoms with E-state index in [0.717, 1.165) is 16.8 Å². The summed E-state index contributed by atoms with van der Waals surface area (Å²) in [7, 11) is 0. The van der Waals surface area contributed by atoms with Crippen LogP contribution in [0, 0.1) is 0 Å². The lowest BCUT2D eigenvalue weighted by atomic mass is 10.2. The molecule has 0 heterocycles. The molecule has 13 heavy (non-hydrogen) atoms. The standard InChI is InChI=1S/C11H19NO/c1-6-12(13)11(10(4)5)8-7-9(2)3/h7-8,13H,2,6H2,1,3-5H3/b8-7-. The predicted octanol–water partition coefficient (Wildman–Crippen LogP) is 3.12. The molecule has 0 amide bonds. The fourth-order valence-electron chi connectivity index (χ4n) is 0.902. The van der Waals surface area contributed by atoms with Crippen molar-refractivity contribution in [3.63, 3.8) is 0 Å². The molecule has 0 bridgehead atoms. The lowest BCUT2D eigenvalue weighted by molar-refractivity contribution is -0.0470. The summed E-state index contributed by atoms with van der Waals surface area (Å²) < 4.78 is 0. The predicted molar refractivity (Wildman–Crippen MR) is 56.5 cm³/mol. The molecular formula is C11H19NO. The summed E-state index contributed by atoms with van der Waals surface area (Å²) in [5, 5.41) is 10.7. The van der Waals surface area contributed by atoms with E-state index in [9.17, 15) is 5.21 Å². The summed E-state index contributed by atoms with van der Waals surface area (Å²) in [4.78, 5) is 0. The first-order valence-electron chi connectivity index (χ1n) is 4.46. The molecule has 0 saturated heterocycles. The maximum Gasteiger partial charge on any atom is 0.0620 e. The van der Waals surface area contributed by atoms with Gasteiger partial charge in [-0.05, 0) is 33.8 Å². The number of likely N-dealkylation sites (N-methyl/N-ethyl adjacent to an activating group) is 1. The van der Waals surface area contributed by atoms with E-state index >= 15 is 0 Å². The molecule has 0 unspecified atom stereocenters. The Bertz CT molecular complexity index is 234. The third kappa shape index (κ3) is 4.53. The van der Waals surface area contributed by atoms with E-state index in [0.29, 0.717) is 6.54 Å². The van der Waals surface area contributed by atoms with Gasteiger partial charge in [0.2, 0.25) is 0 Å². The summed E-state index contributed by atoms with van der Waals surface area (Å²) in [5.74, 6) is 0. The molecular weight excluding hydrogens is 162 g/mol. The highest BCUT2D eigenvalue weighted by Crippen LogP contribution is 2.10. The molecule has 0 aromatic rings. The zero-order valence-electron chi connectivity index (χ0n) is 8.96. The van der Waals surface area contributed by atoms with Gasteiger partial charge in [-0.15, -0.1) is 0 Å². The Balaban J connectivity index is 4.66. The Kier molecular flexibility index (Phi) is 5.16. The van der Waals surface area contributed by atoms with Crippen LogP contribution in [0.25, 0.3) is 0 Å². The number of hydrogen-bond donors (Lipinski definition) is 1. The molecule has 2 heteroatoms. The number of nitrogens with zero attached hydrogens (tertiary/aromatic N) is 1. The fraction of sp³-hybridized carbons (Fsp3) is 0.455. The topological polar surface area (TPSA) is 23.5 Å². The van der Waals surface area contributed by atoms with Gasteiger partial charge in [-0.2, -0.15) is 0 Å². The smallest absolute Gasteiger partial charge is 0.0620 e. The lowest BCUT2D eigenvalue weighted by Crippen LogP contribution is -2.17.